The van der Waals surface area contributed by atoms with E-state index in [9.17, 15) is 13.2 Å². The van der Waals surface area contributed by atoms with Gasteiger partial charge in [0.2, 0.25) is 0 Å². The molecule has 32 heavy (non-hydrogen) atoms. The molecule has 4 aromatic rings. The molecule has 2 heterocycles. The Morgan fingerprint density at radius 1 is 1.12 bits per heavy atom. The highest BCUT2D eigenvalue weighted by atomic mass is 32.2. The van der Waals surface area contributed by atoms with Crippen LogP contribution < -0.4 is 10.0 Å². The molecule has 0 bridgehead atoms. The minimum atomic E-state index is -3.92. The first-order chi connectivity index (χ1) is 15.3. The SMILES string of the molecule is Cc1ccc(C(=O)NCc2cn(C)nn2)cc1S(=O)(=O)Nc1ccc(-c2ccno2)cc1. The van der Waals surface area contributed by atoms with E-state index in [2.05, 4.69) is 25.5 Å². The van der Waals surface area contributed by atoms with Gasteiger partial charge >= 0.3 is 0 Å². The van der Waals surface area contributed by atoms with E-state index in [1.807, 2.05) is 0 Å². The molecule has 4 rings (SSSR count). The Labute approximate surface area is 184 Å². The van der Waals surface area contributed by atoms with Gasteiger partial charge in [0.25, 0.3) is 15.9 Å². The molecule has 0 saturated carbocycles. The van der Waals surface area contributed by atoms with Gasteiger partial charge in [0.1, 0.15) is 5.69 Å². The van der Waals surface area contributed by atoms with Crippen molar-refractivity contribution in [2.45, 2.75) is 18.4 Å². The zero-order valence-electron chi connectivity index (χ0n) is 17.3. The topological polar surface area (TPSA) is 132 Å². The number of aromatic nitrogens is 4. The van der Waals surface area contributed by atoms with Gasteiger partial charge in [0, 0.05) is 36.1 Å². The number of hydrogen-bond acceptors (Lipinski definition) is 7. The van der Waals surface area contributed by atoms with Gasteiger partial charge in [-0.1, -0.05) is 16.4 Å². The molecule has 0 spiro atoms. The van der Waals surface area contributed by atoms with Crippen molar-refractivity contribution in [2.75, 3.05) is 4.72 Å². The van der Waals surface area contributed by atoms with E-state index >= 15 is 0 Å². The standard InChI is InChI=1S/C21H20N6O4S/c1-14-3-4-16(21(28)22-12-18-13-27(2)26-24-18)11-20(14)32(29,30)25-17-7-5-15(6-8-17)19-9-10-23-31-19/h3-11,13,25H,12H2,1-2H3,(H,22,28). The molecule has 0 saturated heterocycles. The van der Waals surface area contributed by atoms with Gasteiger partial charge in [-0.3, -0.25) is 14.2 Å². The van der Waals surface area contributed by atoms with Crippen LogP contribution in [0.1, 0.15) is 21.6 Å². The number of amides is 1. The second kappa shape index (κ2) is 8.63. The predicted octanol–water partition coefficient (Wildman–Crippen LogP) is 2.51. The summed E-state index contributed by atoms with van der Waals surface area (Å²) in [5.41, 5.74) is 2.48. The summed E-state index contributed by atoms with van der Waals surface area (Å²) in [4.78, 5) is 12.5. The summed E-state index contributed by atoms with van der Waals surface area (Å²) in [6.45, 7) is 1.85. The molecule has 0 radical (unpaired) electrons. The van der Waals surface area contributed by atoms with Crippen LogP contribution in [0.3, 0.4) is 0 Å². The maximum Gasteiger partial charge on any atom is 0.262 e. The van der Waals surface area contributed by atoms with Crippen LogP contribution in [-0.4, -0.2) is 34.5 Å². The number of carbonyl (C=O) groups is 1. The van der Waals surface area contributed by atoms with Gasteiger partial charge in [-0.25, -0.2) is 8.42 Å². The fourth-order valence-electron chi connectivity index (χ4n) is 3.06. The Morgan fingerprint density at radius 2 is 1.91 bits per heavy atom. The lowest BCUT2D eigenvalue weighted by atomic mass is 10.1. The van der Waals surface area contributed by atoms with E-state index in [1.54, 1.807) is 62.6 Å². The van der Waals surface area contributed by atoms with Crippen LogP contribution in [0, 0.1) is 6.92 Å². The van der Waals surface area contributed by atoms with E-state index in [0.717, 1.165) is 5.56 Å². The van der Waals surface area contributed by atoms with Gasteiger partial charge in [-0.05, 0) is 48.9 Å². The number of hydrogen-bond donors (Lipinski definition) is 2. The summed E-state index contributed by atoms with van der Waals surface area (Å²) in [7, 11) is -2.20. The highest BCUT2D eigenvalue weighted by Crippen LogP contribution is 2.24. The molecule has 10 nitrogen and oxygen atoms in total. The van der Waals surface area contributed by atoms with Crippen LogP contribution in [0.4, 0.5) is 5.69 Å². The van der Waals surface area contributed by atoms with Crippen LogP contribution >= 0.6 is 0 Å². The first kappa shape index (κ1) is 21.2. The number of rotatable bonds is 7. The van der Waals surface area contributed by atoms with E-state index in [1.165, 1.54) is 16.9 Å². The summed E-state index contributed by atoms with van der Waals surface area (Å²) >= 11 is 0. The lowest BCUT2D eigenvalue weighted by Gasteiger charge is -2.12. The molecule has 2 aromatic heterocycles. The summed E-state index contributed by atoms with van der Waals surface area (Å²) in [6.07, 6.45) is 3.22. The van der Waals surface area contributed by atoms with Gasteiger partial charge in [-0.2, -0.15) is 0 Å². The highest BCUT2D eigenvalue weighted by molar-refractivity contribution is 7.92. The van der Waals surface area contributed by atoms with Crippen molar-refractivity contribution < 1.29 is 17.7 Å². The van der Waals surface area contributed by atoms with Crippen LogP contribution in [0.5, 0.6) is 0 Å². The van der Waals surface area contributed by atoms with Crippen molar-refractivity contribution in [2.24, 2.45) is 7.05 Å². The first-order valence-electron chi connectivity index (χ1n) is 9.60. The van der Waals surface area contributed by atoms with Crippen molar-refractivity contribution in [1.82, 2.24) is 25.5 Å². The van der Waals surface area contributed by atoms with E-state index in [0.29, 0.717) is 22.7 Å². The maximum absolute atomic E-state index is 13.0. The molecule has 2 aromatic carbocycles. The van der Waals surface area contributed by atoms with Crippen molar-refractivity contribution in [3.63, 3.8) is 0 Å². The van der Waals surface area contributed by atoms with Gasteiger partial charge < -0.3 is 9.84 Å². The molecule has 164 valence electrons. The highest BCUT2D eigenvalue weighted by Gasteiger charge is 2.20. The normalized spacial score (nSPS) is 11.3. The molecule has 1 amide bonds. The smallest absolute Gasteiger partial charge is 0.262 e. The van der Waals surface area contributed by atoms with E-state index in [4.69, 9.17) is 4.52 Å². The van der Waals surface area contributed by atoms with E-state index < -0.39 is 15.9 Å². The Balaban J connectivity index is 1.50. The zero-order valence-corrected chi connectivity index (χ0v) is 18.1. The Bertz CT molecular complexity index is 1350. The summed E-state index contributed by atoms with van der Waals surface area (Å²) in [6, 6.07) is 12.9. The molecule has 0 aliphatic heterocycles. The largest absolute Gasteiger partial charge is 0.356 e. The summed E-state index contributed by atoms with van der Waals surface area (Å²) in [5.74, 6) is 0.166. The van der Waals surface area contributed by atoms with Crippen molar-refractivity contribution in [3.05, 3.63) is 77.7 Å². The first-order valence-corrected chi connectivity index (χ1v) is 11.1. The minimum Gasteiger partial charge on any atom is -0.356 e. The lowest BCUT2D eigenvalue weighted by Crippen LogP contribution is -2.24. The average Bonchev–Trinajstić information content (AvgIpc) is 3.44. The van der Waals surface area contributed by atoms with Gasteiger partial charge in [0.05, 0.1) is 17.6 Å². The fraction of sp³-hybridized carbons (Fsp3) is 0.143. The number of aryl methyl sites for hydroxylation is 2. The maximum atomic E-state index is 13.0. The number of sulfonamides is 1. The van der Waals surface area contributed by atoms with Crippen LogP contribution in [-0.2, 0) is 23.6 Å². The van der Waals surface area contributed by atoms with Crippen LogP contribution in [0.25, 0.3) is 11.3 Å². The molecule has 11 heteroatoms. The number of nitrogens with one attached hydrogen (secondary N) is 2. The molecule has 0 unspecified atom stereocenters. The van der Waals surface area contributed by atoms with Crippen molar-refractivity contribution in [1.29, 1.82) is 0 Å². The number of carbonyl (C=O) groups excluding carboxylic acids is 1. The fourth-order valence-corrected chi connectivity index (χ4v) is 4.39. The van der Waals surface area contributed by atoms with Crippen LogP contribution in [0.2, 0.25) is 0 Å². The molecular weight excluding hydrogens is 432 g/mol. The number of benzene rings is 2. The van der Waals surface area contributed by atoms with E-state index in [-0.39, 0.29) is 17.0 Å². The molecule has 0 aliphatic rings. The third kappa shape index (κ3) is 4.67. The Hall–Kier alpha value is -3.99. The summed E-state index contributed by atoms with van der Waals surface area (Å²) in [5, 5.41) is 14.1. The lowest BCUT2D eigenvalue weighted by molar-refractivity contribution is 0.0950. The van der Waals surface area contributed by atoms with Crippen molar-refractivity contribution in [3.8, 4) is 11.3 Å². The Kier molecular flexibility index (Phi) is 5.73. The van der Waals surface area contributed by atoms with Gasteiger partial charge in [0.15, 0.2) is 5.76 Å². The minimum absolute atomic E-state index is 0.0176. The number of anilines is 1. The zero-order chi connectivity index (χ0) is 22.7. The summed E-state index contributed by atoms with van der Waals surface area (Å²) < 4.78 is 35.2. The van der Waals surface area contributed by atoms with Crippen LogP contribution in [0.15, 0.2) is 70.3 Å². The van der Waals surface area contributed by atoms with Gasteiger partial charge in [-0.15, -0.1) is 5.10 Å². The monoisotopic (exact) mass is 452 g/mol. The predicted molar refractivity (Wildman–Crippen MR) is 116 cm³/mol. The number of nitrogens with zero attached hydrogens (tertiary/aromatic N) is 4. The Morgan fingerprint density at radius 3 is 2.56 bits per heavy atom. The third-order valence-corrected chi connectivity index (χ3v) is 6.20. The molecular formula is C21H20N6O4S. The average molecular weight is 452 g/mol. The second-order valence-corrected chi connectivity index (χ2v) is 8.76. The second-order valence-electron chi connectivity index (χ2n) is 7.11. The molecule has 0 atom stereocenters. The molecule has 0 fully saturated rings. The third-order valence-electron chi connectivity index (χ3n) is 4.68. The van der Waals surface area contributed by atoms with Crippen molar-refractivity contribution >= 4 is 21.6 Å². The quantitative estimate of drug-likeness (QED) is 0.440. The molecule has 0 aliphatic carbocycles. The molecule has 2 N–H and O–H groups in total.